The quantitative estimate of drug-likeness (QED) is 0.330. The Morgan fingerprint density at radius 1 is 1.19 bits per heavy atom. The van der Waals surface area contributed by atoms with Gasteiger partial charge in [0.2, 0.25) is 5.91 Å². The Labute approximate surface area is 161 Å². The third kappa shape index (κ3) is 7.17. The molecule has 0 aliphatic heterocycles. The van der Waals surface area contributed by atoms with Crippen LogP contribution in [0.15, 0.2) is 29.3 Å². The fraction of sp³-hybridized carbons (Fsp3) is 0.600. The van der Waals surface area contributed by atoms with Crippen molar-refractivity contribution in [3.8, 4) is 0 Å². The average molecular weight is 378 g/mol. The van der Waals surface area contributed by atoms with Gasteiger partial charge in [-0.25, -0.2) is 4.39 Å². The van der Waals surface area contributed by atoms with Crippen LogP contribution in [0.4, 0.5) is 4.39 Å². The Kier molecular flexibility index (Phi) is 8.51. The van der Waals surface area contributed by atoms with Crippen LogP contribution in [0.3, 0.4) is 0 Å². The minimum atomic E-state index is -0.298. The number of benzene rings is 1. The van der Waals surface area contributed by atoms with Gasteiger partial charge in [-0.05, 0) is 42.4 Å². The Hall–Kier alpha value is -2.15. The molecule has 1 amide bonds. The van der Waals surface area contributed by atoms with Gasteiger partial charge in [0.15, 0.2) is 5.96 Å². The number of carbonyl (C=O) groups is 1. The lowest BCUT2D eigenvalue weighted by atomic mass is 9.67. The zero-order valence-corrected chi connectivity index (χ0v) is 16.3. The fourth-order valence-corrected chi connectivity index (χ4v) is 3.24. The van der Waals surface area contributed by atoms with Gasteiger partial charge in [-0.15, -0.1) is 0 Å². The van der Waals surface area contributed by atoms with Gasteiger partial charge >= 0.3 is 0 Å². The molecule has 6 nitrogen and oxygen atoms in total. The van der Waals surface area contributed by atoms with Crippen LogP contribution in [0.5, 0.6) is 0 Å². The van der Waals surface area contributed by atoms with Crippen LogP contribution < -0.4 is 16.0 Å². The van der Waals surface area contributed by atoms with Crippen molar-refractivity contribution in [3.05, 3.63) is 35.6 Å². The summed E-state index contributed by atoms with van der Waals surface area (Å²) in [5.41, 5.74) is 1.11. The number of aliphatic imine (C=N–C) groups is 1. The van der Waals surface area contributed by atoms with E-state index in [0.717, 1.165) is 31.1 Å². The lowest BCUT2D eigenvalue weighted by Crippen LogP contribution is -2.48. The summed E-state index contributed by atoms with van der Waals surface area (Å²) >= 11 is 0. The summed E-state index contributed by atoms with van der Waals surface area (Å²) in [6, 6.07) is 5.97. The maximum atomic E-state index is 12.9. The number of amides is 1. The SMILES string of the molecule is CN=C(NCCNC(=O)Cc1ccc(F)cc1)NCC1(CCOC)CCC1. The molecule has 1 aliphatic carbocycles. The molecule has 150 valence electrons. The molecule has 2 rings (SSSR count). The van der Waals surface area contributed by atoms with Crippen molar-refractivity contribution in [1.82, 2.24) is 16.0 Å². The fourth-order valence-electron chi connectivity index (χ4n) is 3.24. The van der Waals surface area contributed by atoms with Gasteiger partial charge in [0, 0.05) is 40.4 Å². The van der Waals surface area contributed by atoms with Gasteiger partial charge in [-0.2, -0.15) is 0 Å². The summed E-state index contributed by atoms with van der Waals surface area (Å²) < 4.78 is 18.1. The monoisotopic (exact) mass is 378 g/mol. The maximum Gasteiger partial charge on any atom is 0.224 e. The van der Waals surface area contributed by atoms with E-state index in [0.29, 0.717) is 18.5 Å². The number of hydrogen-bond donors (Lipinski definition) is 3. The molecule has 0 aromatic heterocycles. The van der Waals surface area contributed by atoms with E-state index in [4.69, 9.17) is 4.74 Å². The topological polar surface area (TPSA) is 74.8 Å². The van der Waals surface area contributed by atoms with Gasteiger partial charge in [-0.3, -0.25) is 9.79 Å². The number of ether oxygens (including phenoxy) is 1. The minimum absolute atomic E-state index is 0.0839. The highest BCUT2D eigenvalue weighted by atomic mass is 19.1. The first-order valence-electron chi connectivity index (χ1n) is 9.51. The first-order chi connectivity index (χ1) is 13.1. The largest absolute Gasteiger partial charge is 0.385 e. The second-order valence-electron chi connectivity index (χ2n) is 7.10. The van der Waals surface area contributed by atoms with Crippen LogP contribution in [0.2, 0.25) is 0 Å². The third-order valence-corrected chi connectivity index (χ3v) is 5.12. The summed E-state index contributed by atoms with van der Waals surface area (Å²) in [5, 5.41) is 9.46. The summed E-state index contributed by atoms with van der Waals surface area (Å²) in [5.74, 6) is 0.360. The molecule has 3 N–H and O–H groups in total. The number of guanidine groups is 1. The van der Waals surface area contributed by atoms with Crippen molar-refractivity contribution < 1.29 is 13.9 Å². The highest BCUT2D eigenvalue weighted by Gasteiger charge is 2.36. The van der Waals surface area contributed by atoms with E-state index in [-0.39, 0.29) is 18.1 Å². The lowest BCUT2D eigenvalue weighted by Gasteiger charge is -2.42. The van der Waals surface area contributed by atoms with Crippen molar-refractivity contribution in [2.45, 2.75) is 32.1 Å². The van der Waals surface area contributed by atoms with Crippen LogP contribution in [0, 0.1) is 11.2 Å². The summed E-state index contributed by atoms with van der Waals surface area (Å²) in [7, 11) is 3.48. The standard InChI is InChI=1S/C20H31FN4O2/c1-22-19(25-15-20(8-3-9-20)10-13-27-2)24-12-11-23-18(26)14-16-4-6-17(21)7-5-16/h4-7H,3,8-15H2,1-2H3,(H,23,26)(H2,22,24,25). The zero-order valence-electron chi connectivity index (χ0n) is 16.3. The number of nitrogens with one attached hydrogen (secondary N) is 3. The highest BCUT2D eigenvalue weighted by Crippen LogP contribution is 2.43. The first kappa shape index (κ1) is 21.2. The molecule has 1 aromatic rings. The molecule has 0 radical (unpaired) electrons. The highest BCUT2D eigenvalue weighted by molar-refractivity contribution is 5.80. The molecular formula is C20H31FN4O2. The maximum absolute atomic E-state index is 12.9. The first-order valence-corrected chi connectivity index (χ1v) is 9.51. The molecule has 0 bridgehead atoms. The van der Waals surface area contributed by atoms with Crippen molar-refractivity contribution >= 4 is 11.9 Å². The number of rotatable bonds is 10. The molecule has 1 aromatic carbocycles. The van der Waals surface area contributed by atoms with E-state index < -0.39 is 0 Å². The van der Waals surface area contributed by atoms with Gasteiger partial charge < -0.3 is 20.7 Å². The average Bonchev–Trinajstić information content (AvgIpc) is 2.64. The van der Waals surface area contributed by atoms with E-state index >= 15 is 0 Å². The van der Waals surface area contributed by atoms with Gasteiger partial charge in [-0.1, -0.05) is 18.6 Å². The second kappa shape index (κ2) is 10.9. The van der Waals surface area contributed by atoms with Crippen molar-refractivity contribution in [1.29, 1.82) is 0 Å². The Morgan fingerprint density at radius 3 is 2.48 bits per heavy atom. The van der Waals surface area contributed by atoms with Crippen LogP contribution in [-0.2, 0) is 16.0 Å². The van der Waals surface area contributed by atoms with Crippen molar-refractivity contribution in [2.75, 3.05) is 40.4 Å². The van der Waals surface area contributed by atoms with E-state index in [1.165, 1.54) is 31.4 Å². The Bertz CT molecular complexity index is 615. The van der Waals surface area contributed by atoms with Crippen LogP contribution in [-0.4, -0.2) is 52.3 Å². The number of carbonyl (C=O) groups excluding carboxylic acids is 1. The van der Waals surface area contributed by atoms with Gasteiger partial charge in [0.25, 0.3) is 0 Å². The number of halogens is 1. The van der Waals surface area contributed by atoms with E-state index in [2.05, 4.69) is 20.9 Å². The molecule has 0 spiro atoms. The normalized spacial score (nSPS) is 15.7. The molecular weight excluding hydrogens is 347 g/mol. The molecule has 0 heterocycles. The van der Waals surface area contributed by atoms with E-state index in [1.54, 1.807) is 26.3 Å². The molecule has 0 saturated heterocycles. The predicted octanol–water partition coefficient (Wildman–Crippen LogP) is 1.86. The molecule has 27 heavy (non-hydrogen) atoms. The zero-order chi connectivity index (χ0) is 19.5. The minimum Gasteiger partial charge on any atom is -0.385 e. The van der Waals surface area contributed by atoms with Gasteiger partial charge in [0.1, 0.15) is 5.82 Å². The Morgan fingerprint density at radius 2 is 1.89 bits per heavy atom. The number of methoxy groups -OCH3 is 1. The van der Waals surface area contributed by atoms with Crippen LogP contribution in [0.25, 0.3) is 0 Å². The molecule has 1 saturated carbocycles. The second-order valence-corrected chi connectivity index (χ2v) is 7.10. The number of nitrogens with zero attached hydrogens (tertiary/aromatic N) is 1. The van der Waals surface area contributed by atoms with Gasteiger partial charge in [0.05, 0.1) is 6.42 Å². The molecule has 0 unspecified atom stereocenters. The molecule has 0 atom stereocenters. The third-order valence-electron chi connectivity index (χ3n) is 5.12. The van der Waals surface area contributed by atoms with E-state index in [1.807, 2.05) is 0 Å². The number of hydrogen-bond acceptors (Lipinski definition) is 3. The Balaban J connectivity index is 1.63. The van der Waals surface area contributed by atoms with Crippen LogP contribution >= 0.6 is 0 Å². The summed E-state index contributed by atoms with van der Waals surface area (Å²) in [4.78, 5) is 16.2. The predicted molar refractivity (Wildman–Crippen MR) is 105 cm³/mol. The smallest absolute Gasteiger partial charge is 0.224 e. The lowest BCUT2D eigenvalue weighted by molar-refractivity contribution is -0.120. The van der Waals surface area contributed by atoms with Crippen LogP contribution in [0.1, 0.15) is 31.2 Å². The van der Waals surface area contributed by atoms with Crippen molar-refractivity contribution in [2.24, 2.45) is 10.4 Å². The molecule has 1 aliphatic rings. The van der Waals surface area contributed by atoms with Crippen molar-refractivity contribution in [3.63, 3.8) is 0 Å². The summed E-state index contributed by atoms with van der Waals surface area (Å²) in [6.45, 7) is 2.75. The molecule has 7 heteroatoms. The molecule has 1 fully saturated rings. The summed E-state index contributed by atoms with van der Waals surface area (Å²) in [6.07, 6.45) is 5.03. The van der Waals surface area contributed by atoms with E-state index in [9.17, 15) is 9.18 Å².